The molecule has 0 radical (unpaired) electrons. The highest BCUT2D eigenvalue weighted by Crippen LogP contribution is 2.43. The van der Waals surface area contributed by atoms with E-state index in [0.29, 0.717) is 11.3 Å². The fourth-order valence-electron chi connectivity index (χ4n) is 3.21. The van der Waals surface area contributed by atoms with Gasteiger partial charge >= 0.3 is 5.97 Å². The van der Waals surface area contributed by atoms with Gasteiger partial charge < -0.3 is 14.6 Å². The summed E-state index contributed by atoms with van der Waals surface area (Å²) in [5.74, 6) is 0.127. The minimum atomic E-state index is -0.932. The van der Waals surface area contributed by atoms with Gasteiger partial charge in [-0.25, -0.2) is 0 Å². The number of esters is 1. The molecule has 2 rings (SSSR count). The van der Waals surface area contributed by atoms with Crippen LogP contribution < -0.4 is 9.47 Å². The molecular formula is C25H34O4. The van der Waals surface area contributed by atoms with Crippen LogP contribution in [0, 0.1) is 5.92 Å². The molecule has 0 aliphatic carbocycles. The maximum Gasteiger partial charge on any atom is 0.317 e. The Morgan fingerprint density at radius 2 is 1.41 bits per heavy atom. The van der Waals surface area contributed by atoms with E-state index in [1.165, 1.54) is 0 Å². The Hall–Kier alpha value is -2.33. The van der Waals surface area contributed by atoms with Crippen molar-refractivity contribution >= 4 is 5.97 Å². The number of hydrogen-bond acceptors (Lipinski definition) is 4. The Balaban J connectivity index is 2.48. The number of rotatable bonds is 5. The van der Waals surface area contributed by atoms with E-state index >= 15 is 0 Å². The van der Waals surface area contributed by atoms with Gasteiger partial charge in [-0.2, -0.15) is 0 Å². The van der Waals surface area contributed by atoms with Gasteiger partial charge in [0.25, 0.3) is 0 Å². The Morgan fingerprint density at radius 1 is 0.931 bits per heavy atom. The highest BCUT2D eigenvalue weighted by Gasteiger charge is 2.32. The summed E-state index contributed by atoms with van der Waals surface area (Å²) in [5, 5.41) is 10.7. The molecule has 4 nitrogen and oxygen atoms in total. The van der Waals surface area contributed by atoms with Crippen LogP contribution in [-0.2, 0) is 15.6 Å². The summed E-state index contributed by atoms with van der Waals surface area (Å²) < 4.78 is 11.5. The molecule has 158 valence electrons. The minimum absolute atomic E-state index is 0.258. The van der Waals surface area contributed by atoms with Crippen molar-refractivity contribution in [3.05, 3.63) is 59.2 Å². The highest BCUT2D eigenvalue weighted by atomic mass is 16.5. The molecule has 0 heterocycles. The smallest absolute Gasteiger partial charge is 0.317 e. The standard InChI is InChI=1S/C25H34O4/c1-16(21(26)17-12-10-9-11-13-17)23(27)29-22-19(24(2,3)4)14-18(28-8)15-20(22)25(5,6)7/h9-16,21,26H,1-8H3/t16-,21+/m1/s1. The molecule has 0 fully saturated rings. The fraction of sp³-hybridized carbons (Fsp3) is 0.480. The lowest BCUT2D eigenvalue weighted by molar-refractivity contribution is -0.142. The first-order valence-electron chi connectivity index (χ1n) is 10.0. The molecule has 0 spiro atoms. The van der Waals surface area contributed by atoms with Crippen LogP contribution in [0.3, 0.4) is 0 Å². The zero-order valence-electron chi connectivity index (χ0n) is 18.9. The Labute approximate surface area is 174 Å². The van der Waals surface area contributed by atoms with Crippen molar-refractivity contribution in [2.75, 3.05) is 7.11 Å². The average Bonchev–Trinajstić information content (AvgIpc) is 2.65. The molecule has 0 amide bonds. The van der Waals surface area contributed by atoms with Crippen LogP contribution in [-0.4, -0.2) is 18.2 Å². The molecule has 0 unspecified atom stereocenters. The van der Waals surface area contributed by atoms with Crippen molar-refractivity contribution in [3.8, 4) is 11.5 Å². The lowest BCUT2D eigenvalue weighted by Gasteiger charge is -2.30. The van der Waals surface area contributed by atoms with Crippen molar-refractivity contribution in [1.29, 1.82) is 0 Å². The van der Waals surface area contributed by atoms with Gasteiger partial charge in [0.05, 0.1) is 19.1 Å². The zero-order valence-corrected chi connectivity index (χ0v) is 18.9. The second kappa shape index (κ2) is 8.58. The van der Waals surface area contributed by atoms with Gasteiger partial charge in [-0.05, 0) is 35.4 Å². The maximum absolute atomic E-state index is 13.0. The average molecular weight is 399 g/mol. The van der Waals surface area contributed by atoms with Gasteiger partial charge in [-0.1, -0.05) is 71.9 Å². The van der Waals surface area contributed by atoms with E-state index in [9.17, 15) is 9.90 Å². The number of methoxy groups -OCH3 is 1. The topological polar surface area (TPSA) is 55.8 Å². The number of aliphatic hydroxyl groups is 1. The third-order valence-electron chi connectivity index (χ3n) is 5.10. The van der Waals surface area contributed by atoms with Crippen LogP contribution >= 0.6 is 0 Å². The number of carbonyl (C=O) groups excluding carboxylic acids is 1. The molecule has 2 aromatic carbocycles. The molecule has 0 aliphatic heterocycles. The van der Waals surface area contributed by atoms with Crippen LogP contribution in [0.5, 0.6) is 11.5 Å². The molecule has 0 saturated heterocycles. The van der Waals surface area contributed by atoms with E-state index in [-0.39, 0.29) is 10.8 Å². The predicted molar refractivity (Wildman–Crippen MR) is 117 cm³/mol. The second-order valence-electron chi connectivity index (χ2n) is 9.62. The highest BCUT2D eigenvalue weighted by molar-refractivity contribution is 5.77. The van der Waals surface area contributed by atoms with E-state index in [1.54, 1.807) is 14.0 Å². The number of ether oxygens (including phenoxy) is 2. The van der Waals surface area contributed by atoms with E-state index in [1.807, 2.05) is 42.5 Å². The molecule has 2 aromatic rings. The van der Waals surface area contributed by atoms with Gasteiger partial charge in [0.15, 0.2) is 0 Å². The summed E-state index contributed by atoms with van der Waals surface area (Å²) >= 11 is 0. The van der Waals surface area contributed by atoms with Crippen molar-refractivity contribution in [1.82, 2.24) is 0 Å². The van der Waals surface area contributed by atoms with Gasteiger partial charge in [0, 0.05) is 11.1 Å². The normalized spacial score (nSPS) is 14.2. The molecule has 0 saturated carbocycles. The van der Waals surface area contributed by atoms with Crippen molar-refractivity contribution in [2.24, 2.45) is 5.92 Å². The van der Waals surface area contributed by atoms with Crippen LogP contribution in [0.1, 0.15) is 71.3 Å². The van der Waals surface area contributed by atoms with E-state index in [4.69, 9.17) is 9.47 Å². The van der Waals surface area contributed by atoms with Crippen LogP contribution in [0.15, 0.2) is 42.5 Å². The molecule has 0 aromatic heterocycles. The first-order valence-corrected chi connectivity index (χ1v) is 10.0. The third kappa shape index (κ3) is 5.39. The van der Waals surface area contributed by atoms with E-state index in [2.05, 4.69) is 41.5 Å². The SMILES string of the molecule is COc1cc(C(C)(C)C)c(OC(=O)[C@H](C)[C@H](O)c2ccccc2)c(C(C)(C)C)c1. The van der Waals surface area contributed by atoms with E-state index in [0.717, 1.165) is 16.9 Å². The molecule has 1 N–H and O–H groups in total. The van der Waals surface area contributed by atoms with Gasteiger partial charge in [-0.3, -0.25) is 4.79 Å². The Kier molecular flexibility index (Phi) is 6.79. The van der Waals surface area contributed by atoms with Crippen molar-refractivity contribution in [2.45, 2.75) is 65.4 Å². The quantitative estimate of drug-likeness (QED) is 0.529. The number of benzene rings is 2. The number of carbonyl (C=O) groups is 1. The summed E-state index contributed by atoms with van der Waals surface area (Å²) in [7, 11) is 1.64. The monoisotopic (exact) mass is 398 g/mol. The zero-order chi connectivity index (χ0) is 22.0. The summed E-state index contributed by atoms with van der Waals surface area (Å²) in [6, 6.07) is 13.0. The predicted octanol–water partition coefficient (Wildman–Crippen LogP) is 5.57. The summed E-state index contributed by atoms with van der Waals surface area (Å²) in [6.07, 6.45) is -0.932. The lowest BCUT2D eigenvalue weighted by atomic mass is 9.79. The third-order valence-corrected chi connectivity index (χ3v) is 5.10. The van der Waals surface area contributed by atoms with Crippen LogP contribution in [0.2, 0.25) is 0 Å². The Morgan fingerprint density at radius 3 is 1.83 bits per heavy atom. The first kappa shape index (κ1) is 23.0. The molecule has 0 bridgehead atoms. The second-order valence-corrected chi connectivity index (χ2v) is 9.62. The number of aliphatic hydroxyl groups excluding tert-OH is 1. The molecule has 2 atom stereocenters. The van der Waals surface area contributed by atoms with Gasteiger partial charge in [0.2, 0.25) is 0 Å². The van der Waals surface area contributed by atoms with Gasteiger partial charge in [0.1, 0.15) is 11.5 Å². The lowest BCUT2D eigenvalue weighted by Crippen LogP contribution is -2.27. The summed E-state index contributed by atoms with van der Waals surface area (Å²) in [6.45, 7) is 14.2. The largest absolute Gasteiger partial charge is 0.497 e. The maximum atomic E-state index is 13.0. The van der Waals surface area contributed by atoms with Crippen LogP contribution in [0.4, 0.5) is 0 Å². The number of hydrogen-bond donors (Lipinski definition) is 1. The minimum Gasteiger partial charge on any atom is -0.497 e. The first-order chi connectivity index (χ1) is 13.4. The molecular weight excluding hydrogens is 364 g/mol. The van der Waals surface area contributed by atoms with Crippen molar-refractivity contribution in [3.63, 3.8) is 0 Å². The van der Waals surface area contributed by atoms with Crippen molar-refractivity contribution < 1.29 is 19.4 Å². The summed E-state index contributed by atoms with van der Waals surface area (Å²) in [5.41, 5.74) is 1.98. The van der Waals surface area contributed by atoms with Gasteiger partial charge in [-0.15, -0.1) is 0 Å². The molecule has 4 heteroatoms. The molecule has 0 aliphatic rings. The van der Waals surface area contributed by atoms with E-state index < -0.39 is 18.0 Å². The molecule has 29 heavy (non-hydrogen) atoms. The fourth-order valence-corrected chi connectivity index (χ4v) is 3.21. The Bertz CT molecular complexity index is 806. The summed E-state index contributed by atoms with van der Waals surface area (Å²) in [4.78, 5) is 13.0. The van der Waals surface area contributed by atoms with Crippen LogP contribution in [0.25, 0.3) is 0 Å².